The summed E-state index contributed by atoms with van der Waals surface area (Å²) in [7, 11) is 0. The molecule has 3 atom stereocenters. The first-order valence-electron chi connectivity index (χ1n) is 3.50. The standard InChI is InChI=1S/C6H14N2OS/c7-6-4(2-9)1-8-5(6)3-10/h4-6,8-10H,1-3,7H2/t4-,5-,6+/m0/s1. The maximum Gasteiger partial charge on any atom is 0.0486 e. The van der Waals surface area contributed by atoms with Gasteiger partial charge in [-0.1, -0.05) is 0 Å². The van der Waals surface area contributed by atoms with Crippen LogP contribution in [0.4, 0.5) is 0 Å². The van der Waals surface area contributed by atoms with E-state index in [0.717, 1.165) is 12.3 Å². The van der Waals surface area contributed by atoms with Crippen molar-refractivity contribution in [2.24, 2.45) is 11.7 Å². The summed E-state index contributed by atoms with van der Waals surface area (Å²) in [5, 5.41) is 12.0. The second kappa shape index (κ2) is 3.57. The van der Waals surface area contributed by atoms with Gasteiger partial charge in [-0.3, -0.25) is 0 Å². The van der Waals surface area contributed by atoms with E-state index in [4.69, 9.17) is 10.8 Å². The summed E-state index contributed by atoms with van der Waals surface area (Å²) in [6.45, 7) is 1.00. The quantitative estimate of drug-likeness (QED) is 0.387. The predicted molar refractivity (Wildman–Crippen MR) is 44.2 cm³/mol. The molecule has 0 aromatic rings. The molecule has 0 amide bonds. The molecule has 1 saturated heterocycles. The lowest BCUT2D eigenvalue weighted by molar-refractivity contribution is 0.224. The second-order valence-corrected chi connectivity index (χ2v) is 3.08. The number of thiol groups is 1. The van der Waals surface area contributed by atoms with Gasteiger partial charge in [0.2, 0.25) is 0 Å². The van der Waals surface area contributed by atoms with Crippen molar-refractivity contribution in [3.05, 3.63) is 0 Å². The van der Waals surface area contributed by atoms with Crippen LogP contribution in [0, 0.1) is 5.92 Å². The van der Waals surface area contributed by atoms with E-state index in [1.807, 2.05) is 0 Å². The zero-order chi connectivity index (χ0) is 7.56. The molecule has 0 spiro atoms. The van der Waals surface area contributed by atoms with E-state index in [0.29, 0.717) is 0 Å². The molecule has 10 heavy (non-hydrogen) atoms. The molecule has 1 aliphatic heterocycles. The molecule has 0 unspecified atom stereocenters. The van der Waals surface area contributed by atoms with Gasteiger partial charge in [-0.2, -0.15) is 12.6 Å². The lowest BCUT2D eigenvalue weighted by Gasteiger charge is -2.15. The Morgan fingerprint density at radius 2 is 2.40 bits per heavy atom. The Kier molecular flexibility index (Phi) is 2.97. The van der Waals surface area contributed by atoms with Crippen LogP contribution < -0.4 is 11.1 Å². The van der Waals surface area contributed by atoms with Crippen molar-refractivity contribution >= 4 is 12.6 Å². The molecule has 0 aromatic carbocycles. The first-order chi connectivity index (χ1) is 4.79. The average molecular weight is 162 g/mol. The number of aliphatic hydroxyl groups excluding tert-OH is 1. The minimum Gasteiger partial charge on any atom is -0.396 e. The first-order valence-corrected chi connectivity index (χ1v) is 4.13. The molecular formula is C6H14N2OS. The van der Waals surface area contributed by atoms with E-state index in [9.17, 15) is 0 Å². The lowest BCUT2D eigenvalue weighted by Crippen LogP contribution is -2.40. The van der Waals surface area contributed by atoms with E-state index < -0.39 is 0 Å². The third-order valence-electron chi connectivity index (χ3n) is 2.08. The van der Waals surface area contributed by atoms with E-state index in [1.54, 1.807) is 0 Å². The monoisotopic (exact) mass is 162 g/mol. The topological polar surface area (TPSA) is 58.3 Å². The fourth-order valence-electron chi connectivity index (χ4n) is 1.28. The number of nitrogens with one attached hydrogen (secondary N) is 1. The Morgan fingerprint density at radius 3 is 2.70 bits per heavy atom. The van der Waals surface area contributed by atoms with Crippen LogP contribution in [0.3, 0.4) is 0 Å². The summed E-state index contributed by atoms with van der Waals surface area (Å²) in [5.74, 6) is 0.967. The van der Waals surface area contributed by atoms with Crippen LogP contribution in [0.5, 0.6) is 0 Å². The molecule has 0 radical (unpaired) electrons. The average Bonchev–Trinajstić information content (AvgIpc) is 2.30. The molecule has 0 saturated carbocycles. The summed E-state index contributed by atoms with van der Waals surface area (Å²) in [6, 6.07) is 0.350. The molecule has 1 fully saturated rings. The molecule has 1 rings (SSSR count). The fourth-order valence-corrected chi connectivity index (χ4v) is 1.65. The van der Waals surface area contributed by atoms with Crippen molar-refractivity contribution in [3.63, 3.8) is 0 Å². The van der Waals surface area contributed by atoms with Gasteiger partial charge in [-0.15, -0.1) is 0 Å². The Bertz CT molecular complexity index is 99.9. The largest absolute Gasteiger partial charge is 0.396 e. The van der Waals surface area contributed by atoms with E-state index >= 15 is 0 Å². The fraction of sp³-hybridized carbons (Fsp3) is 1.00. The van der Waals surface area contributed by atoms with E-state index in [2.05, 4.69) is 17.9 Å². The SMILES string of the molecule is N[C@@H]1[C@H](CO)CN[C@H]1CS. The lowest BCUT2D eigenvalue weighted by atomic mass is 10.0. The maximum absolute atomic E-state index is 8.80. The Balaban J connectivity index is 2.41. The number of nitrogens with two attached hydrogens (primary N) is 1. The van der Waals surface area contributed by atoms with Gasteiger partial charge in [0.15, 0.2) is 0 Å². The van der Waals surface area contributed by atoms with E-state index in [-0.39, 0.29) is 24.6 Å². The van der Waals surface area contributed by atoms with Gasteiger partial charge in [-0.05, 0) is 0 Å². The molecule has 3 nitrogen and oxygen atoms in total. The molecule has 0 aliphatic carbocycles. The summed E-state index contributed by atoms with van der Waals surface area (Å²) >= 11 is 4.13. The summed E-state index contributed by atoms with van der Waals surface area (Å²) in [4.78, 5) is 0. The summed E-state index contributed by atoms with van der Waals surface area (Å²) in [5.41, 5.74) is 5.77. The van der Waals surface area contributed by atoms with Crippen LogP contribution in [-0.4, -0.2) is 36.1 Å². The van der Waals surface area contributed by atoms with Crippen LogP contribution in [0.2, 0.25) is 0 Å². The maximum atomic E-state index is 8.80. The van der Waals surface area contributed by atoms with Crippen molar-refractivity contribution in [1.82, 2.24) is 5.32 Å². The highest BCUT2D eigenvalue weighted by atomic mass is 32.1. The highest BCUT2D eigenvalue weighted by molar-refractivity contribution is 7.80. The van der Waals surface area contributed by atoms with Crippen LogP contribution >= 0.6 is 12.6 Å². The van der Waals surface area contributed by atoms with Gasteiger partial charge in [0.1, 0.15) is 0 Å². The van der Waals surface area contributed by atoms with Crippen LogP contribution in [0.25, 0.3) is 0 Å². The van der Waals surface area contributed by atoms with Crippen LogP contribution in [0.15, 0.2) is 0 Å². The summed E-state index contributed by atoms with van der Waals surface area (Å²) < 4.78 is 0. The second-order valence-electron chi connectivity index (χ2n) is 2.72. The van der Waals surface area contributed by atoms with Gasteiger partial charge in [0, 0.05) is 36.9 Å². The molecule has 60 valence electrons. The molecular weight excluding hydrogens is 148 g/mol. The predicted octanol–water partition coefficient (Wildman–Crippen LogP) is -1.18. The number of hydrogen-bond donors (Lipinski definition) is 4. The molecule has 0 aromatic heterocycles. The number of rotatable bonds is 2. The zero-order valence-corrected chi connectivity index (χ0v) is 6.72. The minimum absolute atomic E-state index is 0.0718. The first kappa shape index (κ1) is 8.33. The third kappa shape index (κ3) is 1.45. The highest BCUT2D eigenvalue weighted by Gasteiger charge is 2.30. The van der Waals surface area contributed by atoms with Crippen molar-refractivity contribution in [2.45, 2.75) is 12.1 Å². The van der Waals surface area contributed by atoms with Gasteiger partial charge in [-0.25, -0.2) is 0 Å². The molecule has 0 bridgehead atoms. The normalized spacial score (nSPS) is 40.5. The smallest absolute Gasteiger partial charge is 0.0486 e. The molecule has 1 aliphatic rings. The number of hydrogen-bond acceptors (Lipinski definition) is 4. The van der Waals surface area contributed by atoms with Gasteiger partial charge in [0.05, 0.1) is 0 Å². The molecule has 4 N–H and O–H groups in total. The number of aliphatic hydroxyl groups is 1. The highest BCUT2D eigenvalue weighted by Crippen LogP contribution is 2.12. The van der Waals surface area contributed by atoms with Crippen LogP contribution in [0.1, 0.15) is 0 Å². The van der Waals surface area contributed by atoms with Crippen molar-refractivity contribution in [2.75, 3.05) is 18.9 Å². The Hall–Kier alpha value is 0.230. The Morgan fingerprint density at radius 1 is 1.70 bits per heavy atom. The van der Waals surface area contributed by atoms with Gasteiger partial charge in [0.25, 0.3) is 0 Å². The van der Waals surface area contributed by atoms with Crippen molar-refractivity contribution in [1.29, 1.82) is 0 Å². The van der Waals surface area contributed by atoms with Gasteiger partial charge < -0.3 is 16.2 Å². The van der Waals surface area contributed by atoms with Crippen molar-refractivity contribution < 1.29 is 5.11 Å². The zero-order valence-electron chi connectivity index (χ0n) is 5.83. The van der Waals surface area contributed by atoms with Crippen molar-refractivity contribution in [3.8, 4) is 0 Å². The van der Waals surface area contributed by atoms with E-state index in [1.165, 1.54) is 0 Å². The van der Waals surface area contributed by atoms with Crippen LogP contribution in [-0.2, 0) is 0 Å². The third-order valence-corrected chi connectivity index (χ3v) is 2.48. The minimum atomic E-state index is 0.0718. The molecule has 1 heterocycles. The van der Waals surface area contributed by atoms with Gasteiger partial charge >= 0.3 is 0 Å². The molecule has 4 heteroatoms. The Labute approximate surface area is 66.4 Å². The summed E-state index contributed by atoms with van der Waals surface area (Å²) in [6.07, 6.45) is 0.